The third-order valence-electron chi connectivity index (χ3n) is 7.43. The highest BCUT2D eigenvalue weighted by atomic mass is 19.4. The van der Waals surface area contributed by atoms with E-state index < -0.39 is 53.7 Å². The second-order valence-electron chi connectivity index (χ2n) is 10.9. The number of ether oxygens (including phenoxy) is 1. The van der Waals surface area contributed by atoms with Gasteiger partial charge in [0, 0.05) is 37.3 Å². The quantitative estimate of drug-likeness (QED) is 0.456. The monoisotopic (exact) mass is 574 g/mol. The molecule has 40 heavy (non-hydrogen) atoms. The van der Waals surface area contributed by atoms with E-state index in [1.807, 2.05) is 11.9 Å². The van der Waals surface area contributed by atoms with E-state index in [0.29, 0.717) is 24.5 Å². The molecule has 2 bridgehead atoms. The molecule has 0 saturated carbocycles. The Labute approximate surface area is 228 Å². The molecule has 1 aromatic carbocycles. The van der Waals surface area contributed by atoms with Gasteiger partial charge in [0.25, 0.3) is 12.3 Å². The summed E-state index contributed by atoms with van der Waals surface area (Å²) in [5.41, 5.74) is -2.58. The molecule has 0 aliphatic carbocycles. The average Bonchev–Trinajstić information content (AvgIpc) is 3.11. The molecule has 0 spiro atoms. The number of rotatable bonds is 8. The second kappa shape index (κ2) is 11.2. The van der Waals surface area contributed by atoms with Gasteiger partial charge in [0.15, 0.2) is 5.60 Å². The summed E-state index contributed by atoms with van der Waals surface area (Å²) in [6, 6.07) is 1.97. The maximum absolute atomic E-state index is 13.5. The Morgan fingerprint density at radius 1 is 1.10 bits per heavy atom. The number of halogens is 6. The Bertz CT molecular complexity index is 1190. The van der Waals surface area contributed by atoms with Crippen molar-refractivity contribution in [1.82, 2.24) is 20.4 Å². The van der Waals surface area contributed by atoms with Crippen molar-refractivity contribution in [1.29, 1.82) is 0 Å². The van der Waals surface area contributed by atoms with Crippen LogP contribution in [0.5, 0.6) is 5.75 Å². The molecule has 0 aromatic heterocycles. The third kappa shape index (κ3) is 6.49. The normalized spacial score (nSPS) is 23.1. The van der Waals surface area contributed by atoms with Crippen molar-refractivity contribution in [2.75, 3.05) is 20.1 Å². The first-order chi connectivity index (χ1) is 18.7. The molecule has 2 N–H and O–H groups in total. The van der Waals surface area contributed by atoms with Crippen molar-refractivity contribution in [2.45, 2.75) is 75.9 Å². The third-order valence-corrected chi connectivity index (χ3v) is 7.43. The maximum Gasteiger partial charge on any atom is 0.420 e. The largest absolute Gasteiger partial charge is 0.477 e. The number of benzene rings is 1. The number of carbonyl (C=O) groups excluding carboxylic acids is 2. The molecular weight excluding hydrogens is 542 g/mol. The van der Waals surface area contributed by atoms with Crippen LogP contribution in [0.25, 0.3) is 0 Å². The van der Waals surface area contributed by atoms with Crippen LogP contribution in [-0.2, 0) is 15.8 Å². The SMILES string of the molecule is CN1CC(C(=O)NCC(F)F)=CC=C1N1C2CCC1CC(NC(=O)C(C)(C)Oc1ccc(F)cc1C(F)(F)F)C2. The summed E-state index contributed by atoms with van der Waals surface area (Å²) < 4.78 is 84.0. The number of amides is 2. The number of fused-ring (bicyclic) bond motifs is 2. The van der Waals surface area contributed by atoms with E-state index in [-0.39, 0.29) is 24.7 Å². The Balaban J connectivity index is 1.40. The van der Waals surface area contributed by atoms with Crippen LogP contribution in [0.2, 0.25) is 0 Å². The summed E-state index contributed by atoms with van der Waals surface area (Å²) in [5.74, 6) is -1.93. The molecule has 2 unspecified atom stereocenters. The molecule has 3 aliphatic heterocycles. The van der Waals surface area contributed by atoms with Gasteiger partial charge in [-0.25, -0.2) is 13.2 Å². The fourth-order valence-electron chi connectivity index (χ4n) is 5.57. The van der Waals surface area contributed by atoms with E-state index in [9.17, 15) is 35.9 Å². The lowest BCUT2D eigenvalue weighted by Crippen LogP contribution is -2.56. The second-order valence-corrected chi connectivity index (χ2v) is 10.9. The van der Waals surface area contributed by atoms with Gasteiger partial charge >= 0.3 is 6.18 Å². The van der Waals surface area contributed by atoms with Crippen molar-refractivity contribution < 1.29 is 40.7 Å². The fraction of sp³-hybridized carbons (Fsp3) is 0.556. The van der Waals surface area contributed by atoms with E-state index in [4.69, 9.17) is 4.74 Å². The molecule has 7 nitrogen and oxygen atoms in total. The number of nitrogens with one attached hydrogen (secondary N) is 2. The molecule has 2 saturated heterocycles. The van der Waals surface area contributed by atoms with Gasteiger partial charge in [0.05, 0.1) is 6.54 Å². The lowest BCUT2D eigenvalue weighted by atomic mass is 9.95. The average molecular weight is 575 g/mol. The number of nitrogens with zero attached hydrogens (tertiary/aromatic N) is 2. The number of hydrogen-bond donors (Lipinski definition) is 2. The highest BCUT2D eigenvalue weighted by molar-refractivity contribution is 5.94. The predicted molar refractivity (Wildman–Crippen MR) is 134 cm³/mol. The van der Waals surface area contributed by atoms with Crippen LogP contribution in [0.1, 0.15) is 45.1 Å². The lowest BCUT2D eigenvalue weighted by Gasteiger charge is -2.45. The van der Waals surface area contributed by atoms with Crippen molar-refractivity contribution in [3.63, 3.8) is 0 Å². The Hall–Kier alpha value is -3.38. The van der Waals surface area contributed by atoms with Crippen LogP contribution in [0.4, 0.5) is 26.3 Å². The van der Waals surface area contributed by atoms with Crippen molar-refractivity contribution in [3.8, 4) is 5.75 Å². The van der Waals surface area contributed by atoms with Crippen LogP contribution in [-0.4, -0.2) is 71.9 Å². The molecule has 4 rings (SSSR count). The molecular formula is C27H32F6N4O3. The van der Waals surface area contributed by atoms with Crippen LogP contribution in [0.15, 0.2) is 41.7 Å². The number of carbonyl (C=O) groups is 2. The highest BCUT2D eigenvalue weighted by Gasteiger charge is 2.45. The Kier molecular flexibility index (Phi) is 8.32. The number of alkyl halides is 5. The smallest absolute Gasteiger partial charge is 0.420 e. The summed E-state index contributed by atoms with van der Waals surface area (Å²) in [5, 5.41) is 5.14. The minimum Gasteiger partial charge on any atom is -0.477 e. The van der Waals surface area contributed by atoms with E-state index >= 15 is 0 Å². The molecule has 1 aromatic rings. The fourth-order valence-corrected chi connectivity index (χ4v) is 5.57. The highest BCUT2D eigenvalue weighted by Crippen LogP contribution is 2.41. The van der Waals surface area contributed by atoms with E-state index in [1.165, 1.54) is 13.8 Å². The minimum atomic E-state index is -4.86. The Morgan fingerprint density at radius 2 is 1.75 bits per heavy atom. The number of piperidine rings is 1. The van der Waals surface area contributed by atoms with Gasteiger partial charge in [0.1, 0.15) is 23.0 Å². The zero-order valence-corrected chi connectivity index (χ0v) is 22.3. The van der Waals surface area contributed by atoms with Crippen LogP contribution < -0.4 is 15.4 Å². The van der Waals surface area contributed by atoms with Gasteiger partial charge in [-0.2, -0.15) is 13.2 Å². The van der Waals surface area contributed by atoms with Gasteiger partial charge in [-0.05, 0) is 69.9 Å². The molecule has 2 amide bonds. The molecule has 3 heterocycles. The lowest BCUT2D eigenvalue weighted by molar-refractivity contribution is -0.144. The van der Waals surface area contributed by atoms with E-state index in [0.717, 1.165) is 30.8 Å². The zero-order valence-electron chi connectivity index (χ0n) is 22.3. The van der Waals surface area contributed by atoms with Gasteiger partial charge < -0.3 is 25.2 Å². The van der Waals surface area contributed by atoms with Crippen LogP contribution in [0, 0.1) is 5.82 Å². The summed E-state index contributed by atoms with van der Waals surface area (Å²) in [7, 11) is 1.82. The van der Waals surface area contributed by atoms with Gasteiger partial charge in [-0.15, -0.1) is 0 Å². The van der Waals surface area contributed by atoms with Gasteiger partial charge in [-0.1, -0.05) is 0 Å². The first-order valence-corrected chi connectivity index (χ1v) is 13.0. The summed E-state index contributed by atoms with van der Waals surface area (Å²) in [6.45, 7) is 2.26. The van der Waals surface area contributed by atoms with Crippen molar-refractivity contribution >= 4 is 11.8 Å². The molecule has 3 aliphatic rings. The standard InChI is InChI=1S/C27H32F6N4O3/c1-26(2,40-21-8-5-16(28)10-20(21)27(31,32)33)25(39)35-17-11-18-6-7-19(12-17)37(18)23-9-4-15(14-36(23)3)24(38)34-13-22(29)30/h4-5,8-10,17-19,22H,6-7,11-14H2,1-3H3,(H,34,38)(H,35,39). The van der Waals surface area contributed by atoms with Crippen LogP contribution in [0.3, 0.4) is 0 Å². The van der Waals surface area contributed by atoms with Gasteiger partial charge in [-0.3, -0.25) is 9.59 Å². The minimum absolute atomic E-state index is 0.0818. The van der Waals surface area contributed by atoms with Crippen LogP contribution >= 0.6 is 0 Å². The van der Waals surface area contributed by atoms with E-state index in [2.05, 4.69) is 15.5 Å². The number of hydrogen-bond acceptors (Lipinski definition) is 5. The number of allylic oxidation sites excluding steroid dienone is 2. The molecule has 0 radical (unpaired) electrons. The van der Waals surface area contributed by atoms with Crippen molar-refractivity contribution in [3.05, 3.63) is 53.1 Å². The van der Waals surface area contributed by atoms with E-state index in [1.54, 1.807) is 12.2 Å². The summed E-state index contributed by atoms with van der Waals surface area (Å²) in [6.07, 6.45) is -1.12. The zero-order chi connectivity index (χ0) is 29.4. The topological polar surface area (TPSA) is 73.9 Å². The molecule has 2 fully saturated rings. The molecule has 13 heteroatoms. The molecule has 220 valence electrons. The maximum atomic E-state index is 13.5. The molecule has 2 atom stereocenters. The summed E-state index contributed by atoms with van der Waals surface area (Å²) >= 11 is 0. The van der Waals surface area contributed by atoms with Crippen molar-refractivity contribution in [2.24, 2.45) is 0 Å². The number of likely N-dealkylation sites (N-methyl/N-ethyl adjacent to an activating group) is 1. The first kappa shape index (κ1) is 29.6. The first-order valence-electron chi connectivity index (χ1n) is 13.0. The van der Waals surface area contributed by atoms with Gasteiger partial charge in [0.2, 0.25) is 5.91 Å². The predicted octanol–water partition coefficient (Wildman–Crippen LogP) is 4.21. The Morgan fingerprint density at radius 3 is 2.33 bits per heavy atom. The summed E-state index contributed by atoms with van der Waals surface area (Å²) in [4.78, 5) is 29.4.